The van der Waals surface area contributed by atoms with Gasteiger partial charge in [-0.25, -0.2) is 0 Å². The van der Waals surface area contributed by atoms with Gasteiger partial charge in [-0.15, -0.1) is 0 Å². The van der Waals surface area contributed by atoms with Crippen molar-refractivity contribution in [3.8, 4) is 5.75 Å². The van der Waals surface area contributed by atoms with Crippen LogP contribution in [0.1, 0.15) is 26.0 Å². The van der Waals surface area contributed by atoms with Crippen LogP contribution in [0, 0.1) is 6.92 Å². The molecule has 2 aromatic rings. The lowest BCUT2D eigenvalue weighted by atomic mass is 10.1. The first kappa shape index (κ1) is 15.1. The molecule has 4 heteroatoms. The molecule has 1 aliphatic heterocycles. The number of rotatable bonds is 3. The van der Waals surface area contributed by atoms with E-state index < -0.39 is 0 Å². The van der Waals surface area contributed by atoms with Gasteiger partial charge < -0.3 is 14.4 Å². The molecule has 0 bridgehead atoms. The van der Waals surface area contributed by atoms with Crippen LogP contribution >= 0.6 is 0 Å². The molecular weight excluding hydrogens is 276 g/mol. The lowest BCUT2D eigenvalue weighted by molar-refractivity contribution is -0.0172. The van der Waals surface area contributed by atoms with Gasteiger partial charge in [-0.05, 0) is 38.5 Å². The molecule has 1 aliphatic rings. The Labute approximate surface area is 132 Å². The largest absolute Gasteiger partial charge is 0.496 e. The molecule has 1 fully saturated rings. The third kappa shape index (κ3) is 2.88. The van der Waals surface area contributed by atoms with Crippen LogP contribution in [0.5, 0.6) is 5.75 Å². The van der Waals surface area contributed by atoms with E-state index in [1.54, 1.807) is 7.11 Å². The molecule has 3 rings (SSSR count). The van der Waals surface area contributed by atoms with E-state index in [0.29, 0.717) is 6.10 Å². The van der Waals surface area contributed by atoms with Crippen molar-refractivity contribution in [1.82, 2.24) is 4.98 Å². The van der Waals surface area contributed by atoms with E-state index in [1.165, 1.54) is 5.69 Å². The van der Waals surface area contributed by atoms with Gasteiger partial charge in [0.2, 0.25) is 0 Å². The zero-order valence-corrected chi connectivity index (χ0v) is 13.8. The molecule has 118 valence electrons. The normalized spacial score (nSPS) is 22.1. The second-order valence-corrected chi connectivity index (χ2v) is 6.05. The summed E-state index contributed by atoms with van der Waals surface area (Å²) >= 11 is 0. The maximum Gasteiger partial charge on any atom is 0.130 e. The summed E-state index contributed by atoms with van der Waals surface area (Å²) in [7, 11) is 1.71. The molecule has 0 saturated carbocycles. The first-order valence-corrected chi connectivity index (χ1v) is 7.96. The van der Waals surface area contributed by atoms with Gasteiger partial charge in [0.15, 0.2) is 0 Å². The Kier molecular flexibility index (Phi) is 4.21. The van der Waals surface area contributed by atoms with Crippen LogP contribution < -0.4 is 9.64 Å². The molecule has 4 nitrogen and oxygen atoms in total. The molecule has 0 aliphatic carbocycles. The van der Waals surface area contributed by atoms with Crippen molar-refractivity contribution < 1.29 is 9.47 Å². The van der Waals surface area contributed by atoms with E-state index in [9.17, 15) is 0 Å². The zero-order valence-electron chi connectivity index (χ0n) is 13.8. The number of anilines is 1. The number of methoxy groups -OCH3 is 1. The number of pyridine rings is 1. The number of hydrogen-bond acceptors (Lipinski definition) is 4. The van der Waals surface area contributed by atoms with Crippen LogP contribution in [-0.2, 0) is 4.74 Å². The van der Waals surface area contributed by atoms with Gasteiger partial charge >= 0.3 is 0 Å². The van der Waals surface area contributed by atoms with Gasteiger partial charge in [0, 0.05) is 35.9 Å². The number of nitrogens with zero attached hydrogens (tertiary/aromatic N) is 2. The quantitative estimate of drug-likeness (QED) is 0.868. The van der Waals surface area contributed by atoms with E-state index in [2.05, 4.69) is 41.9 Å². The molecule has 0 spiro atoms. The number of ether oxygens (including phenoxy) is 2. The van der Waals surface area contributed by atoms with E-state index >= 15 is 0 Å². The molecule has 2 atom stereocenters. The SMILES string of the molecule is CCC1CN(c2ccc3nc(C)cc(OC)c3c2)CC(C)O1. The van der Waals surface area contributed by atoms with Gasteiger partial charge in [-0.1, -0.05) is 6.92 Å². The third-order valence-electron chi connectivity index (χ3n) is 4.25. The van der Waals surface area contributed by atoms with E-state index in [1.807, 2.05) is 13.0 Å². The highest BCUT2D eigenvalue weighted by atomic mass is 16.5. The van der Waals surface area contributed by atoms with E-state index in [0.717, 1.165) is 41.9 Å². The maximum atomic E-state index is 5.96. The van der Waals surface area contributed by atoms with E-state index in [-0.39, 0.29) is 6.10 Å². The fourth-order valence-corrected chi connectivity index (χ4v) is 3.16. The Balaban J connectivity index is 1.99. The second-order valence-electron chi connectivity index (χ2n) is 6.05. The summed E-state index contributed by atoms with van der Waals surface area (Å²) in [5.74, 6) is 0.887. The molecule has 0 radical (unpaired) electrons. The summed E-state index contributed by atoms with van der Waals surface area (Å²) in [5.41, 5.74) is 3.17. The van der Waals surface area contributed by atoms with Crippen LogP contribution in [0.2, 0.25) is 0 Å². The highest BCUT2D eigenvalue weighted by Gasteiger charge is 2.24. The Morgan fingerprint density at radius 2 is 2.14 bits per heavy atom. The van der Waals surface area contributed by atoms with Crippen molar-refractivity contribution >= 4 is 16.6 Å². The van der Waals surface area contributed by atoms with Gasteiger partial charge in [0.1, 0.15) is 5.75 Å². The van der Waals surface area contributed by atoms with Crippen molar-refractivity contribution in [2.45, 2.75) is 39.4 Å². The number of morpholine rings is 1. The Bertz CT molecular complexity index is 671. The number of hydrogen-bond donors (Lipinski definition) is 0. The van der Waals surface area contributed by atoms with Crippen molar-refractivity contribution in [3.63, 3.8) is 0 Å². The number of fused-ring (bicyclic) bond motifs is 1. The molecule has 22 heavy (non-hydrogen) atoms. The minimum atomic E-state index is 0.257. The lowest BCUT2D eigenvalue weighted by Gasteiger charge is -2.38. The van der Waals surface area contributed by atoms with Crippen molar-refractivity contribution in [1.29, 1.82) is 0 Å². The fraction of sp³-hybridized carbons (Fsp3) is 0.500. The monoisotopic (exact) mass is 300 g/mol. The first-order valence-electron chi connectivity index (χ1n) is 7.96. The number of aromatic nitrogens is 1. The summed E-state index contributed by atoms with van der Waals surface area (Å²) < 4.78 is 11.5. The predicted molar refractivity (Wildman–Crippen MR) is 89.9 cm³/mol. The summed E-state index contributed by atoms with van der Waals surface area (Å²) in [5, 5.41) is 1.07. The lowest BCUT2D eigenvalue weighted by Crippen LogP contribution is -2.46. The van der Waals surface area contributed by atoms with Crippen molar-refractivity contribution in [2.75, 3.05) is 25.1 Å². The number of benzene rings is 1. The predicted octanol–water partition coefficient (Wildman–Crippen LogP) is 3.56. The highest BCUT2D eigenvalue weighted by molar-refractivity contribution is 5.88. The molecule has 0 amide bonds. The average Bonchev–Trinajstić information content (AvgIpc) is 2.52. The topological polar surface area (TPSA) is 34.6 Å². The van der Waals surface area contributed by atoms with Crippen LogP contribution in [0.3, 0.4) is 0 Å². The molecule has 0 N–H and O–H groups in total. The first-order chi connectivity index (χ1) is 10.6. The summed E-state index contributed by atoms with van der Waals surface area (Å²) in [4.78, 5) is 7.00. The van der Waals surface area contributed by atoms with Crippen LogP contribution in [0.25, 0.3) is 10.9 Å². The smallest absolute Gasteiger partial charge is 0.130 e. The van der Waals surface area contributed by atoms with Gasteiger partial charge in [0.05, 0.1) is 24.8 Å². The molecule has 1 aromatic heterocycles. The summed E-state index contributed by atoms with van der Waals surface area (Å²) in [6.07, 6.45) is 1.60. The fourth-order valence-electron chi connectivity index (χ4n) is 3.16. The Hall–Kier alpha value is -1.81. The minimum Gasteiger partial charge on any atom is -0.496 e. The highest BCUT2D eigenvalue weighted by Crippen LogP contribution is 2.30. The number of aryl methyl sites for hydroxylation is 1. The molecule has 1 aromatic carbocycles. The van der Waals surface area contributed by atoms with Crippen molar-refractivity contribution in [3.05, 3.63) is 30.0 Å². The van der Waals surface area contributed by atoms with Crippen LogP contribution in [-0.4, -0.2) is 37.4 Å². The summed E-state index contributed by atoms with van der Waals surface area (Å²) in [6.45, 7) is 8.17. The van der Waals surface area contributed by atoms with E-state index in [4.69, 9.17) is 9.47 Å². The molecule has 1 saturated heterocycles. The van der Waals surface area contributed by atoms with Crippen LogP contribution in [0.4, 0.5) is 5.69 Å². The van der Waals surface area contributed by atoms with Gasteiger partial charge in [-0.2, -0.15) is 0 Å². The molecule has 2 heterocycles. The average molecular weight is 300 g/mol. The maximum absolute atomic E-state index is 5.96. The van der Waals surface area contributed by atoms with Crippen molar-refractivity contribution in [2.24, 2.45) is 0 Å². The Morgan fingerprint density at radius 3 is 2.86 bits per heavy atom. The molecular formula is C18H24N2O2. The molecule has 2 unspecified atom stereocenters. The third-order valence-corrected chi connectivity index (χ3v) is 4.25. The van der Waals surface area contributed by atoms with Gasteiger partial charge in [0.25, 0.3) is 0 Å². The Morgan fingerprint density at radius 1 is 1.32 bits per heavy atom. The summed E-state index contributed by atoms with van der Waals surface area (Å²) in [6, 6.07) is 8.41. The van der Waals surface area contributed by atoms with Crippen LogP contribution in [0.15, 0.2) is 24.3 Å². The second kappa shape index (κ2) is 6.13. The standard InChI is InChI=1S/C18H24N2O2/c1-5-15-11-20(10-13(3)22-15)14-6-7-17-16(9-14)18(21-4)8-12(2)19-17/h6-9,13,15H,5,10-11H2,1-4H3. The zero-order chi connectivity index (χ0) is 15.7. The minimum absolute atomic E-state index is 0.257. The van der Waals surface area contributed by atoms with Gasteiger partial charge in [-0.3, -0.25) is 4.98 Å².